The van der Waals surface area contributed by atoms with Crippen LogP contribution in [0.5, 0.6) is 5.75 Å². The number of hydrogen-bond acceptors (Lipinski definition) is 3. The fourth-order valence-corrected chi connectivity index (χ4v) is 1.61. The maximum atomic E-state index is 13.3. The molecule has 0 N–H and O–H groups in total. The summed E-state index contributed by atoms with van der Waals surface area (Å²) in [6.07, 6.45) is -4.74. The van der Waals surface area contributed by atoms with Crippen molar-refractivity contribution >= 4 is 22.6 Å². The van der Waals surface area contributed by atoms with E-state index < -0.39 is 22.8 Å². The average Bonchev–Trinajstić information content (AvgIpc) is 2.26. The fraction of sp³-hybridized carbons (Fsp3) is 0.200. The van der Waals surface area contributed by atoms with E-state index in [4.69, 9.17) is 11.6 Å². The Balaban J connectivity index is 2.73. The normalized spacial score (nSPS) is 11.9. The van der Waals surface area contributed by atoms with Gasteiger partial charge in [0.05, 0.1) is 18.1 Å². The van der Waals surface area contributed by atoms with E-state index in [1.807, 2.05) is 0 Å². The Hall–Kier alpha value is -1.63. The van der Waals surface area contributed by atoms with Crippen LogP contribution in [0.2, 0.25) is 5.15 Å². The van der Waals surface area contributed by atoms with Gasteiger partial charge in [-0.1, -0.05) is 11.6 Å². The predicted molar refractivity (Wildman–Crippen MR) is 56.1 cm³/mol. The third-order valence-corrected chi connectivity index (χ3v) is 2.43. The van der Waals surface area contributed by atoms with Crippen LogP contribution in [0.4, 0.5) is 17.6 Å². The lowest BCUT2D eigenvalue weighted by molar-refractivity contribution is -0.141. The fourth-order valence-electron chi connectivity index (χ4n) is 1.37. The molecular formula is C10H5ClF4N2O. The van der Waals surface area contributed by atoms with Crippen molar-refractivity contribution in [2.24, 2.45) is 0 Å². The lowest BCUT2D eigenvalue weighted by Crippen LogP contribution is -2.10. The van der Waals surface area contributed by atoms with Crippen LogP contribution >= 0.6 is 11.6 Å². The Bertz CT molecular complexity index is 615. The number of aromatic nitrogens is 2. The Morgan fingerprint density at radius 2 is 1.78 bits per heavy atom. The number of alkyl halides is 3. The van der Waals surface area contributed by atoms with Crippen LogP contribution in [-0.2, 0) is 6.18 Å². The number of halogens is 5. The summed E-state index contributed by atoms with van der Waals surface area (Å²) < 4.78 is 55.6. The molecule has 0 fully saturated rings. The quantitative estimate of drug-likeness (QED) is 0.751. The van der Waals surface area contributed by atoms with Crippen molar-refractivity contribution in [3.63, 3.8) is 0 Å². The van der Waals surface area contributed by atoms with Gasteiger partial charge in [0.25, 0.3) is 0 Å². The van der Waals surface area contributed by atoms with Crippen molar-refractivity contribution in [1.29, 1.82) is 0 Å². The second kappa shape index (κ2) is 4.24. The summed E-state index contributed by atoms with van der Waals surface area (Å²) in [7, 11) is 1.23. The summed E-state index contributed by atoms with van der Waals surface area (Å²) in [5.74, 6) is -0.970. The van der Waals surface area contributed by atoms with E-state index in [2.05, 4.69) is 14.7 Å². The second-order valence-electron chi connectivity index (χ2n) is 3.34. The number of fused-ring (bicyclic) bond motifs is 1. The molecule has 0 spiro atoms. The van der Waals surface area contributed by atoms with Gasteiger partial charge >= 0.3 is 6.18 Å². The molecule has 3 nitrogen and oxygen atoms in total. The van der Waals surface area contributed by atoms with Crippen LogP contribution in [0.25, 0.3) is 11.0 Å². The molecule has 96 valence electrons. The van der Waals surface area contributed by atoms with Crippen molar-refractivity contribution in [1.82, 2.24) is 9.97 Å². The van der Waals surface area contributed by atoms with Gasteiger partial charge in [-0.3, -0.25) is 0 Å². The topological polar surface area (TPSA) is 35.0 Å². The van der Waals surface area contributed by atoms with Crippen LogP contribution in [0.15, 0.2) is 12.1 Å². The molecule has 0 bridgehead atoms. The molecule has 0 amide bonds. The number of rotatable bonds is 1. The number of hydrogen-bond donors (Lipinski definition) is 0. The first kappa shape index (κ1) is 12.8. The number of nitrogens with zero attached hydrogens (tertiary/aromatic N) is 2. The minimum Gasteiger partial charge on any atom is -0.494 e. The molecule has 2 rings (SSSR count). The van der Waals surface area contributed by atoms with Crippen LogP contribution in [0.1, 0.15) is 5.69 Å². The first-order valence-corrected chi connectivity index (χ1v) is 4.98. The molecule has 0 radical (unpaired) electrons. The molecule has 0 aliphatic rings. The summed E-state index contributed by atoms with van der Waals surface area (Å²) in [4.78, 5) is 6.80. The molecule has 2 aromatic rings. The lowest BCUT2D eigenvalue weighted by Gasteiger charge is -2.09. The van der Waals surface area contributed by atoms with Crippen LogP contribution in [0, 0.1) is 5.82 Å². The van der Waals surface area contributed by atoms with E-state index in [0.717, 1.165) is 12.1 Å². The van der Waals surface area contributed by atoms with Gasteiger partial charge in [0.1, 0.15) is 0 Å². The highest BCUT2D eigenvalue weighted by molar-refractivity contribution is 6.30. The van der Waals surface area contributed by atoms with E-state index in [9.17, 15) is 17.6 Å². The Labute approximate surface area is 103 Å². The highest BCUT2D eigenvalue weighted by atomic mass is 35.5. The van der Waals surface area contributed by atoms with Crippen molar-refractivity contribution < 1.29 is 22.3 Å². The molecule has 8 heteroatoms. The zero-order valence-electron chi connectivity index (χ0n) is 8.85. The summed E-state index contributed by atoms with van der Waals surface area (Å²) >= 11 is 5.40. The number of methoxy groups -OCH3 is 1. The van der Waals surface area contributed by atoms with Gasteiger partial charge in [0, 0.05) is 12.1 Å². The van der Waals surface area contributed by atoms with Gasteiger partial charge in [-0.15, -0.1) is 0 Å². The SMILES string of the molecule is COc1cc2nc(Cl)c(C(F)(F)F)nc2cc1F. The van der Waals surface area contributed by atoms with E-state index >= 15 is 0 Å². The van der Waals surface area contributed by atoms with Crippen molar-refractivity contribution in [2.75, 3.05) is 7.11 Å². The molecule has 1 aromatic heterocycles. The summed E-state index contributed by atoms with van der Waals surface area (Å²) in [6.45, 7) is 0. The van der Waals surface area contributed by atoms with E-state index in [0.29, 0.717) is 0 Å². The standard InChI is InChI=1S/C10H5ClF4N2O/c1-18-7-3-6-5(2-4(7)12)16-8(9(11)17-6)10(13,14)15/h2-3H,1H3. The zero-order valence-corrected chi connectivity index (χ0v) is 9.60. The summed E-state index contributed by atoms with van der Waals surface area (Å²) in [6, 6.07) is 1.94. The number of benzene rings is 1. The Morgan fingerprint density at radius 3 is 2.33 bits per heavy atom. The maximum Gasteiger partial charge on any atom is 0.436 e. The molecule has 0 atom stereocenters. The smallest absolute Gasteiger partial charge is 0.436 e. The average molecular weight is 281 g/mol. The van der Waals surface area contributed by atoms with Crippen molar-refractivity contribution in [3.05, 3.63) is 28.8 Å². The second-order valence-corrected chi connectivity index (χ2v) is 3.69. The van der Waals surface area contributed by atoms with Crippen LogP contribution in [0.3, 0.4) is 0 Å². The van der Waals surface area contributed by atoms with Crippen LogP contribution in [-0.4, -0.2) is 17.1 Å². The molecule has 1 heterocycles. The summed E-state index contributed by atoms with van der Waals surface area (Å²) in [5, 5.41) is -0.788. The van der Waals surface area contributed by atoms with Gasteiger partial charge in [0.15, 0.2) is 22.4 Å². The predicted octanol–water partition coefficient (Wildman–Crippen LogP) is 3.45. The lowest BCUT2D eigenvalue weighted by atomic mass is 10.2. The van der Waals surface area contributed by atoms with Crippen molar-refractivity contribution in [2.45, 2.75) is 6.18 Å². The molecular weight excluding hydrogens is 276 g/mol. The monoisotopic (exact) mass is 280 g/mol. The molecule has 0 aliphatic heterocycles. The molecule has 0 unspecified atom stereocenters. The summed E-state index contributed by atoms with van der Waals surface area (Å²) in [5.41, 5.74) is -1.57. The highest BCUT2D eigenvalue weighted by Gasteiger charge is 2.36. The van der Waals surface area contributed by atoms with Crippen LogP contribution < -0.4 is 4.74 Å². The Morgan fingerprint density at radius 1 is 1.17 bits per heavy atom. The van der Waals surface area contributed by atoms with Crippen molar-refractivity contribution in [3.8, 4) is 5.75 Å². The first-order chi connectivity index (χ1) is 8.32. The zero-order chi connectivity index (χ0) is 13.5. The molecule has 1 aromatic carbocycles. The van der Waals surface area contributed by atoms with Gasteiger partial charge in [-0.05, 0) is 0 Å². The van der Waals surface area contributed by atoms with E-state index in [1.165, 1.54) is 7.11 Å². The van der Waals surface area contributed by atoms with Gasteiger partial charge in [-0.25, -0.2) is 14.4 Å². The van der Waals surface area contributed by atoms with Gasteiger partial charge in [0.2, 0.25) is 0 Å². The number of ether oxygens (including phenoxy) is 1. The van der Waals surface area contributed by atoms with Gasteiger partial charge < -0.3 is 4.74 Å². The maximum absolute atomic E-state index is 13.3. The first-order valence-electron chi connectivity index (χ1n) is 4.61. The minimum atomic E-state index is -4.74. The minimum absolute atomic E-state index is 0.0197. The molecule has 0 saturated carbocycles. The Kier molecular flexibility index (Phi) is 3.02. The highest BCUT2D eigenvalue weighted by Crippen LogP contribution is 2.34. The van der Waals surface area contributed by atoms with Gasteiger partial charge in [-0.2, -0.15) is 13.2 Å². The molecule has 0 saturated heterocycles. The largest absolute Gasteiger partial charge is 0.494 e. The molecule has 0 aliphatic carbocycles. The third kappa shape index (κ3) is 2.17. The van der Waals surface area contributed by atoms with E-state index in [1.54, 1.807) is 0 Å². The molecule has 18 heavy (non-hydrogen) atoms. The third-order valence-electron chi connectivity index (χ3n) is 2.16. The van der Waals surface area contributed by atoms with E-state index in [-0.39, 0.29) is 16.8 Å².